The normalized spacial score (nSPS) is 10.4. The molecule has 0 aliphatic carbocycles. The Morgan fingerprint density at radius 2 is 2.36 bits per heavy atom. The molecule has 64 valence electrons. The van der Waals surface area contributed by atoms with Gasteiger partial charge in [-0.05, 0) is 12.3 Å². The second-order valence-electron chi connectivity index (χ2n) is 1.75. The third-order valence-electron chi connectivity index (χ3n) is 0.821. The molecule has 0 aromatic carbocycles. The van der Waals surface area contributed by atoms with E-state index in [2.05, 4.69) is 9.47 Å². The van der Waals surface area contributed by atoms with Crippen LogP contribution in [0.2, 0.25) is 0 Å². The van der Waals surface area contributed by atoms with Gasteiger partial charge >= 0.3 is 5.97 Å². The number of hydrogen-bond donors (Lipinski definition) is 0. The van der Waals surface area contributed by atoms with E-state index in [0.717, 1.165) is 5.75 Å². The molecular weight excluding hydrogens is 164 g/mol. The Bertz CT molecular complexity index is 134. The standard InChI is InChI=1S/C7H12O3S/c1-9-6-7(8)10-4-3-5-11-2/h3-4H,5-6H2,1-2H3/b4-3-. The molecule has 0 aliphatic rings. The van der Waals surface area contributed by atoms with Crippen LogP contribution in [-0.4, -0.2) is 31.7 Å². The first-order valence-corrected chi connectivity index (χ1v) is 4.53. The lowest BCUT2D eigenvalue weighted by Gasteiger charge is -1.95. The maximum Gasteiger partial charge on any atom is 0.336 e. The van der Waals surface area contributed by atoms with Crippen molar-refractivity contribution in [1.29, 1.82) is 0 Å². The molecule has 0 rings (SSSR count). The summed E-state index contributed by atoms with van der Waals surface area (Å²) in [5, 5.41) is 0. The Hall–Kier alpha value is -0.480. The van der Waals surface area contributed by atoms with Crippen molar-refractivity contribution in [3.8, 4) is 0 Å². The lowest BCUT2D eigenvalue weighted by atomic mass is 10.7. The van der Waals surface area contributed by atoms with Crippen LogP contribution in [0.15, 0.2) is 12.3 Å². The molecule has 0 aromatic rings. The minimum atomic E-state index is -0.371. The first-order chi connectivity index (χ1) is 5.31. The Balaban J connectivity index is 3.29. The Morgan fingerprint density at radius 3 is 2.91 bits per heavy atom. The molecule has 0 bridgehead atoms. The van der Waals surface area contributed by atoms with Crippen molar-refractivity contribution in [2.24, 2.45) is 0 Å². The summed E-state index contributed by atoms with van der Waals surface area (Å²) in [5.74, 6) is 0.477. The predicted octanol–water partition coefficient (Wildman–Crippen LogP) is 1.05. The van der Waals surface area contributed by atoms with Crippen LogP contribution in [-0.2, 0) is 14.3 Å². The van der Waals surface area contributed by atoms with Crippen LogP contribution in [0.4, 0.5) is 0 Å². The lowest BCUT2D eigenvalue weighted by Crippen LogP contribution is -2.07. The molecule has 0 atom stereocenters. The summed E-state index contributed by atoms with van der Waals surface area (Å²) in [6, 6.07) is 0. The van der Waals surface area contributed by atoms with E-state index in [1.807, 2.05) is 6.26 Å². The average Bonchev–Trinajstić information content (AvgIpc) is 1.99. The van der Waals surface area contributed by atoms with Crippen molar-refractivity contribution in [2.45, 2.75) is 0 Å². The smallest absolute Gasteiger partial charge is 0.336 e. The molecule has 0 radical (unpaired) electrons. The minimum Gasteiger partial charge on any atom is -0.433 e. The highest BCUT2D eigenvalue weighted by Crippen LogP contribution is 1.91. The van der Waals surface area contributed by atoms with E-state index in [1.165, 1.54) is 13.4 Å². The number of rotatable bonds is 5. The Morgan fingerprint density at radius 1 is 1.64 bits per heavy atom. The van der Waals surface area contributed by atoms with E-state index < -0.39 is 0 Å². The molecular formula is C7H12O3S. The fraction of sp³-hybridized carbons (Fsp3) is 0.571. The summed E-state index contributed by atoms with van der Waals surface area (Å²) < 4.78 is 9.17. The van der Waals surface area contributed by atoms with E-state index in [9.17, 15) is 4.79 Å². The van der Waals surface area contributed by atoms with Gasteiger partial charge in [0.25, 0.3) is 0 Å². The molecule has 4 heteroatoms. The van der Waals surface area contributed by atoms with Crippen molar-refractivity contribution in [1.82, 2.24) is 0 Å². The van der Waals surface area contributed by atoms with Gasteiger partial charge in [0.1, 0.15) is 6.61 Å². The van der Waals surface area contributed by atoms with Gasteiger partial charge in [-0.1, -0.05) is 0 Å². The summed E-state index contributed by atoms with van der Waals surface area (Å²) in [6.07, 6.45) is 5.14. The van der Waals surface area contributed by atoms with Gasteiger partial charge in [0.2, 0.25) is 0 Å². The largest absolute Gasteiger partial charge is 0.433 e. The van der Waals surface area contributed by atoms with Crippen LogP contribution < -0.4 is 0 Å². The maximum atomic E-state index is 10.6. The van der Waals surface area contributed by atoms with Gasteiger partial charge < -0.3 is 9.47 Å². The molecule has 0 saturated heterocycles. The van der Waals surface area contributed by atoms with E-state index in [0.29, 0.717) is 0 Å². The highest BCUT2D eigenvalue weighted by Gasteiger charge is 1.96. The number of methoxy groups -OCH3 is 1. The molecule has 0 N–H and O–H groups in total. The topological polar surface area (TPSA) is 35.5 Å². The third kappa shape index (κ3) is 7.42. The Labute approximate surface area is 70.8 Å². The minimum absolute atomic E-state index is 0.00358. The first-order valence-electron chi connectivity index (χ1n) is 3.13. The molecule has 3 nitrogen and oxygen atoms in total. The predicted molar refractivity (Wildman–Crippen MR) is 45.5 cm³/mol. The molecule has 0 spiro atoms. The highest BCUT2D eigenvalue weighted by atomic mass is 32.2. The summed E-state index contributed by atoms with van der Waals surface area (Å²) >= 11 is 1.66. The number of ether oxygens (including phenoxy) is 2. The van der Waals surface area contributed by atoms with Gasteiger partial charge in [0.15, 0.2) is 0 Å². The third-order valence-corrected chi connectivity index (χ3v) is 1.35. The zero-order valence-electron chi connectivity index (χ0n) is 6.70. The maximum absolute atomic E-state index is 10.6. The van der Waals surface area contributed by atoms with E-state index >= 15 is 0 Å². The SMILES string of the molecule is COCC(=O)O/C=C\CSC. The van der Waals surface area contributed by atoms with Crippen molar-refractivity contribution in [3.05, 3.63) is 12.3 Å². The summed E-state index contributed by atoms with van der Waals surface area (Å²) in [6.45, 7) is 0.00358. The van der Waals surface area contributed by atoms with Gasteiger partial charge in [-0.2, -0.15) is 11.8 Å². The van der Waals surface area contributed by atoms with Crippen LogP contribution in [0.1, 0.15) is 0 Å². The van der Waals surface area contributed by atoms with Crippen molar-refractivity contribution in [2.75, 3.05) is 25.7 Å². The molecule has 0 aromatic heterocycles. The van der Waals surface area contributed by atoms with Gasteiger partial charge in [0, 0.05) is 12.9 Å². The van der Waals surface area contributed by atoms with Crippen LogP contribution in [0.3, 0.4) is 0 Å². The number of thioether (sulfide) groups is 1. The quantitative estimate of drug-likeness (QED) is 0.463. The summed E-state index contributed by atoms with van der Waals surface area (Å²) in [5.41, 5.74) is 0. The number of carbonyl (C=O) groups excluding carboxylic acids is 1. The van der Waals surface area contributed by atoms with Gasteiger partial charge in [-0.15, -0.1) is 0 Å². The molecule has 11 heavy (non-hydrogen) atoms. The monoisotopic (exact) mass is 176 g/mol. The van der Waals surface area contributed by atoms with E-state index in [1.54, 1.807) is 17.8 Å². The van der Waals surface area contributed by atoms with Gasteiger partial charge in [-0.3, -0.25) is 0 Å². The molecule has 0 fully saturated rings. The lowest BCUT2D eigenvalue weighted by molar-refractivity contribution is -0.142. The number of esters is 1. The van der Waals surface area contributed by atoms with Crippen LogP contribution in [0, 0.1) is 0 Å². The van der Waals surface area contributed by atoms with Gasteiger partial charge in [0.05, 0.1) is 6.26 Å². The van der Waals surface area contributed by atoms with Crippen molar-refractivity contribution < 1.29 is 14.3 Å². The molecule has 0 unspecified atom stereocenters. The van der Waals surface area contributed by atoms with Crippen molar-refractivity contribution >= 4 is 17.7 Å². The van der Waals surface area contributed by atoms with Crippen molar-refractivity contribution in [3.63, 3.8) is 0 Å². The fourth-order valence-corrected chi connectivity index (χ4v) is 0.682. The van der Waals surface area contributed by atoms with Crippen LogP contribution >= 0.6 is 11.8 Å². The molecule has 0 saturated carbocycles. The molecule has 0 heterocycles. The molecule has 0 amide bonds. The zero-order chi connectivity index (χ0) is 8.53. The fourth-order valence-electron chi connectivity index (χ4n) is 0.411. The summed E-state index contributed by atoms with van der Waals surface area (Å²) in [4.78, 5) is 10.6. The van der Waals surface area contributed by atoms with Crippen LogP contribution in [0.5, 0.6) is 0 Å². The average molecular weight is 176 g/mol. The highest BCUT2D eigenvalue weighted by molar-refractivity contribution is 7.98. The van der Waals surface area contributed by atoms with E-state index in [-0.39, 0.29) is 12.6 Å². The summed E-state index contributed by atoms with van der Waals surface area (Å²) in [7, 11) is 1.45. The second-order valence-corrected chi connectivity index (χ2v) is 2.66. The van der Waals surface area contributed by atoms with Crippen LogP contribution in [0.25, 0.3) is 0 Å². The Kier molecular flexibility index (Phi) is 7.29. The zero-order valence-corrected chi connectivity index (χ0v) is 7.52. The number of hydrogen-bond acceptors (Lipinski definition) is 4. The molecule has 0 aliphatic heterocycles. The number of carbonyl (C=O) groups is 1. The second kappa shape index (κ2) is 7.63. The van der Waals surface area contributed by atoms with E-state index in [4.69, 9.17) is 0 Å². The first kappa shape index (κ1) is 10.5. The van der Waals surface area contributed by atoms with Gasteiger partial charge in [-0.25, -0.2) is 4.79 Å².